The molecule has 6 heteroatoms. The zero-order valence-electron chi connectivity index (χ0n) is 10.6. The van der Waals surface area contributed by atoms with E-state index in [0.29, 0.717) is 18.4 Å². The van der Waals surface area contributed by atoms with Crippen molar-refractivity contribution in [2.45, 2.75) is 25.8 Å². The summed E-state index contributed by atoms with van der Waals surface area (Å²) in [5.74, 6) is 2.29. The van der Waals surface area contributed by atoms with Crippen LogP contribution in [0.2, 0.25) is 0 Å². The summed E-state index contributed by atoms with van der Waals surface area (Å²) in [4.78, 5) is 8.64. The Hall–Kier alpha value is -1.40. The number of hydrogen-bond donors (Lipinski definition) is 3. The highest BCUT2D eigenvalue weighted by molar-refractivity contribution is 5.48. The minimum Gasteiger partial charge on any atom is -0.395 e. The topological polar surface area (TPSA) is 79.3 Å². The molecule has 6 nitrogen and oxygen atoms in total. The molecular weight excluding hydrogens is 232 g/mol. The molecule has 0 bridgehead atoms. The maximum atomic E-state index is 8.79. The van der Waals surface area contributed by atoms with Crippen LogP contribution in [0.3, 0.4) is 0 Å². The molecule has 2 rings (SSSR count). The van der Waals surface area contributed by atoms with Crippen LogP contribution in [-0.2, 0) is 4.74 Å². The summed E-state index contributed by atoms with van der Waals surface area (Å²) < 4.78 is 5.33. The number of aromatic nitrogens is 2. The number of aliphatic hydroxyl groups is 1. The average molecular weight is 252 g/mol. The van der Waals surface area contributed by atoms with Gasteiger partial charge < -0.3 is 20.5 Å². The first kappa shape index (κ1) is 13.0. The molecule has 0 amide bonds. The van der Waals surface area contributed by atoms with Crippen LogP contribution in [0, 0.1) is 6.92 Å². The van der Waals surface area contributed by atoms with Crippen LogP contribution < -0.4 is 10.6 Å². The molecule has 0 aliphatic carbocycles. The van der Waals surface area contributed by atoms with Gasteiger partial charge in [0, 0.05) is 31.9 Å². The summed E-state index contributed by atoms with van der Waals surface area (Å²) in [5, 5.41) is 15.2. The first-order valence-electron chi connectivity index (χ1n) is 6.32. The average Bonchev–Trinajstić information content (AvgIpc) is 2.37. The number of nitrogens with one attached hydrogen (secondary N) is 2. The van der Waals surface area contributed by atoms with E-state index in [1.807, 2.05) is 13.0 Å². The highest BCUT2D eigenvalue weighted by Gasteiger charge is 2.14. The van der Waals surface area contributed by atoms with Gasteiger partial charge in [-0.05, 0) is 19.8 Å². The molecule has 1 fully saturated rings. The number of nitrogens with zero attached hydrogens (tertiary/aromatic N) is 2. The van der Waals surface area contributed by atoms with E-state index >= 15 is 0 Å². The third-order valence-corrected chi connectivity index (χ3v) is 2.83. The van der Waals surface area contributed by atoms with Gasteiger partial charge in [-0.2, -0.15) is 0 Å². The summed E-state index contributed by atoms with van der Waals surface area (Å²) in [5.41, 5.74) is 0. The number of rotatable bonds is 5. The summed E-state index contributed by atoms with van der Waals surface area (Å²) in [6.07, 6.45) is 2.00. The predicted molar refractivity (Wildman–Crippen MR) is 69.8 cm³/mol. The lowest BCUT2D eigenvalue weighted by Gasteiger charge is -2.23. The molecule has 0 spiro atoms. The van der Waals surface area contributed by atoms with E-state index in [1.54, 1.807) is 0 Å². The zero-order chi connectivity index (χ0) is 12.8. The van der Waals surface area contributed by atoms with E-state index < -0.39 is 0 Å². The lowest BCUT2D eigenvalue weighted by atomic mass is 10.1. The van der Waals surface area contributed by atoms with Crippen molar-refractivity contribution in [1.82, 2.24) is 9.97 Å². The van der Waals surface area contributed by atoms with E-state index in [-0.39, 0.29) is 6.61 Å². The van der Waals surface area contributed by atoms with Gasteiger partial charge in [0.2, 0.25) is 0 Å². The van der Waals surface area contributed by atoms with Gasteiger partial charge in [0.05, 0.1) is 6.61 Å². The standard InChI is InChI=1S/C12H20N4O2/c1-9-14-11(13-4-5-17)8-12(15-9)16-10-2-6-18-7-3-10/h8,10,17H,2-7H2,1H3,(H2,13,14,15,16). The zero-order valence-corrected chi connectivity index (χ0v) is 10.6. The van der Waals surface area contributed by atoms with Crippen LogP contribution in [0.4, 0.5) is 11.6 Å². The van der Waals surface area contributed by atoms with Crippen LogP contribution in [0.25, 0.3) is 0 Å². The maximum absolute atomic E-state index is 8.79. The van der Waals surface area contributed by atoms with Crippen LogP contribution >= 0.6 is 0 Å². The second kappa shape index (κ2) is 6.51. The number of hydrogen-bond acceptors (Lipinski definition) is 6. The fourth-order valence-electron chi connectivity index (χ4n) is 1.97. The van der Waals surface area contributed by atoms with Crippen molar-refractivity contribution >= 4 is 11.6 Å². The summed E-state index contributed by atoms with van der Waals surface area (Å²) in [6.45, 7) is 4.05. The first-order chi connectivity index (χ1) is 8.78. The molecule has 0 unspecified atom stereocenters. The van der Waals surface area contributed by atoms with E-state index in [4.69, 9.17) is 9.84 Å². The lowest BCUT2D eigenvalue weighted by molar-refractivity contribution is 0.0904. The van der Waals surface area contributed by atoms with Crippen LogP contribution in [0.1, 0.15) is 18.7 Å². The van der Waals surface area contributed by atoms with Gasteiger partial charge in [0.25, 0.3) is 0 Å². The van der Waals surface area contributed by atoms with Gasteiger partial charge in [0.1, 0.15) is 17.5 Å². The first-order valence-corrected chi connectivity index (χ1v) is 6.32. The second-order valence-corrected chi connectivity index (χ2v) is 4.37. The molecule has 100 valence electrons. The summed E-state index contributed by atoms with van der Waals surface area (Å²) in [7, 11) is 0. The molecule has 1 aromatic rings. The van der Waals surface area contributed by atoms with E-state index in [1.165, 1.54) is 0 Å². The largest absolute Gasteiger partial charge is 0.395 e. The minimum atomic E-state index is 0.0891. The normalized spacial score (nSPS) is 16.6. The van der Waals surface area contributed by atoms with E-state index in [9.17, 15) is 0 Å². The van der Waals surface area contributed by atoms with Crippen molar-refractivity contribution in [3.8, 4) is 0 Å². The van der Waals surface area contributed by atoms with Crippen LogP contribution in [-0.4, -0.2) is 47.5 Å². The Bertz CT molecular complexity index is 380. The number of aryl methyl sites for hydroxylation is 1. The highest BCUT2D eigenvalue weighted by Crippen LogP contribution is 2.16. The van der Waals surface area contributed by atoms with Gasteiger partial charge in [-0.3, -0.25) is 0 Å². The van der Waals surface area contributed by atoms with Gasteiger partial charge in [-0.15, -0.1) is 0 Å². The Balaban J connectivity index is 1.99. The molecule has 1 aliphatic heterocycles. The third-order valence-electron chi connectivity index (χ3n) is 2.83. The summed E-state index contributed by atoms with van der Waals surface area (Å²) in [6, 6.07) is 2.29. The van der Waals surface area contributed by atoms with Crippen LogP contribution in [0.15, 0.2) is 6.07 Å². The Morgan fingerprint density at radius 2 is 2.06 bits per heavy atom. The Labute approximate surface area is 107 Å². The maximum Gasteiger partial charge on any atom is 0.132 e. The number of anilines is 2. The molecule has 0 atom stereocenters. The SMILES string of the molecule is Cc1nc(NCCO)cc(NC2CCOCC2)n1. The summed E-state index contributed by atoms with van der Waals surface area (Å²) >= 11 is 0. The molecule has 3 N–H and O–H groups in total. The molecule has 1 aliphatic rings. The van der Waals surface area contributed by atoms with Crippen molar-refractivity contribution < 1.29 is 9.84 Å². The van der Waals surface area contributed by atoms with Crippen molar-refractivity contribution in [3.05, 3.63) is 11.9 Å². The van der Waals surface area contributed by atoms with Crippen molar-refractivity contribution in [3.63, 3.8) is 0 Å². The monoisotopic (exact) mass is 252 g/mol. The smallest absolute Gasteiger partial charge is 0.132 e. The van der Waals surface area contributed by atoms with Gasteiger partial charge in [-0.25, -0.2) is 9.97 Å². The Kier molecular flexibility index (Phi) is 4.72. The highest BCUT2D eigenvalue weighted by atomic mass is 16.5. The third kappa shape index (κ3) is 3.82. The van der Waals surface area contributed by atoms with Crippen molar-refractivity contribution in [2.24, 2.45) is 0 Å². The molecule has 0 aromatic carbocycles. The van der Waals surface area contributed by atoms with E-state index in [2.05, 4.69) is 20.6 Å². The van der Waals surface area contributed by atoms with Crippen molar-refractivity contribution in [1.29, 1.82) is 0 Å². The molecule has 0 saturated carbocycles. The molecule has 18 heavy (non-hydrogen) atoms. The number of aliphatic hydroxyl groups excluding tert-OH is 1. The van der Waals surface area contributed by atoms with Gasteiger partial charge >= 0.3 is 0 Å². The Morgan fingerprint density at radius 3 is 2.78 bits per heavy atom. The fourth-order valence-corrected chi connectivity index (χ4v) is 1.97. The fraction of sp³-hybridized carbons (Fsp3) is 0.667. The second-order valence-electron chi connectivity index (χ2n) is 4.37. The molecule has 0 radical (unpaired) electrons. The minimum absolute atomic E-state index is 0.0891. The molecule has 2 heterocycles. The molecule has 1 saturated heterocycles. The van der Waals surface area contributed by atoms with Crippen LogP contribution in [0.5, 0.6) is 0 Å². The van der Waals surface area contributed by atoms with Gasteiger partial charge in [0.15, 0.2) is 0 Å². The predicted octanol–water partition coefficient (Wildman–Crippen LogP) is 0.780. The Morgan fingerprint density at radius 1 is 1.33 bits per heavy atom. The number of ether oxygens (including phenoxy) is 1. The quantitative estimate of drug-likeness (QED) is 0.718. The lowest BCUT2D eigenvalue weighted by Crippen LogP contribution is -2.28. The molecular formula is C12H20N4O2. The van der Waals surface area contributed by atoms with Crippen molar-refractivity contribution in [2.75, 3.05) is 37.0 Å². The molecule has 1 aromatic heterocycles. The van der Waals surface area contributed by atoms with E-state index in [0.717, 1.165) is 37.7 Å². The van der Waals surface area contributed by atoms with Gasteiger partial charge in [-0.1, -0.05) is 0 Å².